The summed E-state index contributed by atoms with van der Waals surface area (Å²) >= 11 is 0. The second-order valence-corrected chi connectivity index (χ2v) is 6.47. The second kappa shape index (κ2) is 8.74. The third-order valence-corrected chi connectivity index (χ3v) is 4.20. The predicted molar refractivity (Wildman–Crippen MR) is 105 cm³/mol. The van der Waals surface area contributed by atoms with Gasteiger partial charge in [0.2, 0.25) is 0 Å². The minimum absolute atomic E-state index is 0. The van der Waals surface area contributed by atoms with E-state index in [2.05, 4.69) is 9.97 Å². The Morgan fingerprint density at radius 3 is 2.40 bits per heavy atom. The molecule has 0 N–H and O–H groups in total. The van der Waals surface area contributed by atoms with Crippen LogP contribution in [0.2, 0.25) is 0 Å². The SMILES string of the molecule is CN(C)C(=O)n1c(=O)n(C)c2cnc(CCOc3ccc(C(F)(F)F)cc3)nc21.Cl. The highest BCUT2D eigenvalue weighted by Gasteiger charge is 2.30. The molecule has 0 radical (unpaired) electrons. The van der Waals surface area contributed by atoms with E-state index in [0.717, 1.165) is 16.7 Å². The number of ether oxygens (including phenoxy) is 1. The van der Waals surface area contributed by atoms with Crippen molar-refractivity contribution in [3.8, 4) is 5.75 Å². The third kappa shape index (κ3) is 4.56. The van der Waals surface area contributed by atoms with Crippen molar-refractivity contribution in [1.82, 2.24) is 24.0 Å². The highest BCUT2D eigenvalue weighted by molar-refractivity contribution is 5.86. The van der Waals surface area contributed by atoms with E-state index in [1.807, 2.05) is 0 Å². The molecule has 0 atom stereocenters. The molecule has 3 rings (SSSR count). The molecule has 0 fully saturated rings. The molecule has 30 heavy (non-hydrogen) atoms. The number of amides is 1. The average molecular weight is 446 g/mol. The minimum atomic E-state index is -4.41. The molecule has 0 spiro atoms. The number of imidazole rings is 1. The van der Waals surface area contributed by atoms with Crippen molar-refractivity contribution in [2.45, 2.75) is 12.6 Å². The van der Waals surface area contributed by atoms with Gasteiger partial charge in [0, 0.05) is 27.6 Å². The highest BCUT2D eigenvalue weighted by Crippen LogP contribution is 2.30. The summed E-state index contributed by atoms with van der Waals surface area (Å²) in [4.78, 5) is 34.4. The molecule has 8 nitrogen and oxygen atoms in total. The van der Waals surface area contributed by atoms with E-state index in [9.17, 15) is 22.8 Å². The van der Waals surface area contributed by atoms with Crippen LogP contribution in [0.4, 0.5) is 18.0 Å². The van der Waals surface area contributed by atoms with Gasteiger partial charge in [0.05, 0.1) is 18.4 Å². The number of carbonyl (C=O) groups is 1. The largest absolute Gasteiger partial charge is 0.493 e. The van der Waals surface area contributed by atoms with Crippen molar-refractivity contribution in [3.63, 3.8) is 0 Å². The number of fused-ring (bicyclic) bond motifs is 1. The van der Waals surface area contributed by atoms with Crippen LogP contribution in [0.15, 0.2) is 35.3 Å². The van der Waals surface area contributed by atoms with Crippen LogP contribution in [-0.4, -0.2) is 50.7 Å². The standard InChI is InChI=1S/C18H18F3N5O3.ClH/c1-24(2)16(27)26-15-13(25(3)17(26)28)10-22-14(23-15)8-9-29-12-6-4-11(5-7-12)18(19,20)21;/h4-7,10H,8-9H2,1-3H3;1H. The second-order valence-electron chi connectivity index (χ2n) is 6.47. The van der Waals surface area contributed by atoms with Crippen LogP contribution < -0.4 is 10.4 Å². The van der Waals surface area contributed by atoms with Crippen molar-refractivity contribution >= 4 is 29.6 Å². The van der Waals surface area contributed by atoms with E-state index in [4.69, 9.17) is 4.74 Å². The van der Waals surface area contributed by atoms with Gasteiger partial charge >= 0.3 is 17.9 Å². The van der Waals surface area contributed by atoms with Gasteiger partial charge in [-0.25, -0.2) is 19.6 Å². The molecule has 0 aliphatic rings. The van der Waals surface area contributed by atoms with Gasteiger partial charge in [0.15, 0.2) is 5.65 Å². The molecule has 0 saturated carbocycles. The maximum atomic E-state index is 12.6. The highest BCUT2D eigenvalue weighted by atomic mass is 35.5. The van der Waals surface area contributed by atoms with Gasteiger partial charge in [-0.3, -0.25) is 4.57 Å². The zero-order valence-corrected chi connectivity index (χ0v) is 17.1. The first-order chi connectivity index (χ1) is 13.6. The Hall–Kier alpha value is -3.08. The first-order valence-electron chi connectivity index (χ1n) is 8.54. The molecule has 3 aromatic rings. The molecular formula is C18H19ClF3N5O3. The van der Waals surface area contributed by atoms with E-state index < -0.39 is 23.5 Å². The van der Waals surface area contributed by atoms with Crippen molar-refractivity contribution in [1.29, 1.82) is 0 Å². The molecule has 0 aliphatic heterocycles. The summed E-state index contributed by atoms with van der Waals surface area (Å²) in [5.41, 5.74) is -0.717. The lowest BCUT2D eigenvalue weighted by atomic mass is 10.2. The van der Waals surface area contributed by atoms with Crippen molar-refractivity contribution < 1.29 is 22.7 Å². The summed E-state index contributed by atoms with van der Waals surface area (Å²) in [6.45, 7) is 0.107. The third-order valence-electron chi connectivity index (χ3n) is 4.20. The Morgan fingerprint density at radius 2 is 1.83 bits per heavy atom. The zero-order chi connectivity index (χ0) is 21.3. The molecule has 2 aromatic heterocycles. The van der Waals surface area contributed by atoms with Crippen LogP contribution >= 0.6 is 12.4 Å². The minimum Gasteiger partial charge on any atom is -0.493 e. The van der Waals surface area contributed by atoms with E-state index >= 15 is 0 Å². The number of nitrogens with zero attached hydrogens (tertiary/aromatic N) is 5. The van der Waals surface area contributed by atoms with E-state index in [-0.39, 0.29) is 36.8 Å². The number of benzene rings is 1. The number of hydrogen-bond acceptors (Lipinski definition) is 5. The molecule has 1 aromatic carbocycles. The number of carbonyl (C=O) groups excluding carboxylic acids is 1. The fourth-order valence-corrected chi connectivity index (χ4v) is 2.64. The van der Waals surface area contributed by atoms with Gasteiger partial charge in [-0.1, -0.05) is 0 Å². The van der Waals surface area contributed by atoms with E-state index in [1.165, 1.54) is 48.9 Å². The summed E-state index contributed by atoms with van der Waals surface area (Å²) in [7, 11) is 4.56. The van der Waals surface area contributed by atoms with E-state index in [1.54, 1.807) is 0 Å². The summed E-state index contributed by atoms with van der Waals surface area (Å²) in [5, 5.41) is 0. The number of rotatable bonds is 4. The lowest BCUT2D eigenvalue weighted by molar-refractivity contribution is -0.137. The molecule has 162 valence electrons. The lowest BCUT2D eigenvalue weighted by Gasteiger charge is -2.10. The van der Waals surface area contributed by atoms with Crippen LogP contribution in [0.1, 0.15) is 11.4 Å². The first-order valence-corrected chi connectivity index (χ1v) is 8.54. The maximum Gasteiger partial charge on any atom is 0.416 e. The molecule has 0 bridgehead atoms. The van der Waals surface area contributed by atoms with Crippen LogP contribution in [-0.2, 0) is 19.6 Å². The van der Waals surface area contributed by atoms with Crippen molar-refractivity contribution in [3.05, 3.63) is 52.3 Å². The number of alkyl halides is 3. The Morgan fingerprint density at radius 1 is 1.20 bits per heavy atom. The smallest absolute Gasteiger partial charge is 0.416 e. The van der Waals surface area contributed by atoms with Gasteiger partial charge < -0.3 is 9.64 Å². The molecule has 0 aliphatic carbocycles. The van der Waals surface area contributed by atoms with Crippen molar-refractivity contribution in [2.75, 3.05) is 20.7 Å². The van der Waals surface area contributed by atoms with E-state index in [0.29, 0.717) is 11.3 Å². The van der Waals surface area contributed by atoms with Gasteiger partial charge in [-0.15, -0.1) is 12.4 Å². The monoisotopic (exact) mass is 445 g/mol. The summed E-state index contributed by atoms with van der Waals surface area (Å²) < 4.78 is 45.4. The van der Waals surface area contributed by atoms with Crippen LogP contribution in [0.25, 0.3) is 11.2 Å². The summed E-state index contributed by atoms with van der Waals surface area (Å²) in [5.74, 6) is 0.605. The molecular weight excluding hydrogens is 427 g/mol. The van der Waals surface area contributed by atoms with Gasteiger partial charge in [0.1, 0.15) is 17.1 Å². The van der Waals surface area contributed by atoms with Gasteiger partial charge in [0.25, 0.3) is 0 Å². The predicted octanol–water partition coefficient (Wildman–Crippen LogP) is 2.72. The zero-order valence-electron chi connectivity index (χ0n) is 16.3. The first kappa shape index (κ1) is 23.2. The molecule has 0 unspecified atom stereocenters. The number of aryl methyl sites for hydroxylation is 1. The number of hydrogen-bond donors (Lipinski definition) is 0. The lowest BCUT2D eigenvalue weighted by Crippen LogP contribution is -2.35. The van der Waals surface area contributed by atoms with Crippen molar-refractivity contribution in [2.24, 2.45) is 7.05 Å². The Labute approximate surface area is 175 Å². The number of halogens is 4. The number of aromatic nitrogens is 4. The average Bonchev–Trinajstić information content (AvgIpc) is 2.91. The summed E-state index contributed by atoms with van der Waals surface area (Å²) in [6.07, 6.45) is -2.73. The Balaban J connectivity index is 0.00000320. The fraction of sp³-hybridized carbons (Fsp3) is 0.333. The Bertz CT molecular complexity index is 1110. The molecule has 2 heterocycles. The van der Waals surface area contributed by atoms with Crippen LogP contribution in [0.5, 0.6) is 5.75 Å². The molecule has 1 amide bonds. The summed E-state index contributed by atoms with van der Waals surface area (Å²) in [6, 6.07) is 3.81. The maximum absolute atomic E-state index is 12.6. The van der Waals surface area contributed by atoms with Crippen LogP contribution in [0.3, 0.4) is 0 Å². The van der Waals surface area contributed by atoms with Crippen LogP contribution in [0, 0.1) is 0 Å². The topological polar surface area (TPSA) is 82.2 Å². The molecule has 0 saturated heterocycles. The van der Waals surface area contributed by atoms with Gasteiger partial charge in [-0.2, -0.15) is 17.7 Å². The molecule has 12 heteroatoms. The normalized spacial score (nSPS) is 11.3. The fourth-order valence-electron chi connectivity index (χ4n) is 2.64. The quantitative estimate of drug-likeness (QED) is 0.616. The van der Waals surface area contributed by atoms with Gasteiger partial charge in [-0.05, 0) is 24.3 Å². The Kier molecular flexibility index (Phi) is 6.76.